The summed E-state index contributed by atoms with van der Waals surface area (Å²) in [6.07, 6.45) is 9.97. The molecule has 3 atom stereocenters. The van der Waals surface area contributed by atoms with Crippen LogP contribution in [0.15, 0.2) is 0 Å². The molecule has 0 amide bonds. The van der Waals surface area contributed by atoms with Crippen molar-refractivity contribution >= 4 is 0 Å². The van der Waals surface area contributed by atoms with Gasteiger partial charge in [0.25, 0.3) is 0 Å². The van der Waals surface area contributed by atoms with Crippen LogP contribution >= 0.6 is 0 Å². The molecule has 3 heteroatoms. The zero-order chi connectivity index (χ0) is 13.2. The van der Waals surface area contributed by atoms with Gasteiger partial charge in [0.2, 0.25) is 0 Å². The molecule has 0 aromatic rings. The van der Waals surface area contributed by atoms with E-state index in [1.165, 1.54) is 64.6 Å². The maximum absolute atomic E-state index is 3.78. The van der Waals surface area contributed by atoms with Gasteiger partial charge in [0.1, 0.15) is 0 Å². The van der Waals surface area contributed by atoms with Crippen LogP contribution in [-0.4, -0.2) is 61.7 Å². The Kier molecular flexibility index (Phi) is 4.45. The van der Waals surface area contributed by atoms with E-state index < -0.39 is 0 Å². The van der Waals surface area contributed by atoms with E-state index in [0.717, 1.165) is 24.0 Å². The van der Waals surface area contributed by atoms with Crippen molar-refractivity contribution in [1.29, 1.82) is 0 Å². The standard InChI is InChI=1S/C16H31N3/c1-18-8-4-3-5-16(18)12-17-11-13-9-14-6-7-15(10-13)19(14)2/h13-17H,3-12H2,1-2H3. The smallest absolute Gasteiger partial charge is 0.0217 e. The van der Waals surface area contributed by atoms with Crippen LogP contribution in [0.25, 0.3) is 0 Å². The average Bonchev–Trinajstić information content (AvgIpc) is 2.64. The molecule has 2 bridgehead atoms. The molecule has 0 aromatic carbocycles. The summed E-state index contributed by atoms with van der Waals surface area (Å²) >= 11 is 0. The van der Waals surface area contributed by atoms with E-state index in [1.54, 1.807) is 0 Å². The number of nitrogens with zero attached hydrogens (tertiary/aromatic N) is 2. The Morgan fingerprint density at radius 3 is 2.37 bits per heavy atom. The van der Waals surface area contributed by atoms with E-state index in [4.69, 9.17) is 0 Å². The van der Waals surface area contributed by atoms with E-state index in [9.17, 15) is 0 Å². The third-order valence-electron chi connectivity index (χ3n) is 5.93. The molecule has 3 nitrogen and oxygen atoms in total. The maximum Gasteiger partial charge on any atom is 0.0217 e. The van der Waals surface area contributed by atoms with E-state index in [-0.39, 0.29) is 0 Å². The van der Waals surface area contributed by atoms with Crippen LogP contribution in [0, 0.1) is 5.92 Å². The van der Waals surface area contributed by atoms with Crippen molar-refractivity contribution in [2.45, 2.75) is 63.1 Å². The summed E-state index contributed by atoms with van der Waals surface area (Å²) in [5, 5.41) is 3.78. The van der Waals surface area contributed by atoms with Gasteiger partial charge >= 0.3 is 0 Å². The third-order valence-corrected chi connectivity index (χ3v) is 5.93. The van der Waals surface area contributed by atoms with Gasteiger partial charge in [0.15, 0.2) is 0 Å². The van der Waals surface area contributed by atoms with Crippen LogP contribution in [-0.2, 0) is 0 Å². The zero-order valence-corrected chi connectivity index (χ0v) is 12.8. The summed E-state index contributed by atoms with van der Waals surface area (Å²) in [4.78, 5) is 5.19. The topological polar surface area (TPSA) is 18.5 Å². The molecule has 3 fully saturated rings. The summed E-state index contributed by atoms with van der Waals surface area (Å²) in [5.41, 5.74) is 0. The second-order valence-corrected chi connectivity index (χ2v) is 7.18. The highest BCUT2D eigenvalue weighted by molar-refractivity contribution is 4.94. The number of rotatable bonds is 4. The van der Waals surface area contributed by atoms with Crippen molar-refractivity contribution in [2.75, 3.05) is 33.7 Å². The number of piperidine rings is 2. The van der Waals surface area contributed by atoms with Crippen LogP contribution in [0.5, 0.6) is 0 Å². The summed E-state index contributed by atoms with van der Waals surface area (Å²) in [7, 11) is 4.63. The zero-order valence-electron chi connectivity index (χ0n) is 12.8. The van der Waals surface area contributed by atoms with Gasteiger partial charge in [-0.3, -0.25) is 0 Å². The molecule has 1 N–H and O–H groups in total. The van der Waals surface area contributed by atoms with Gasteiger partial charge in [-0.25, -0.2) is 0 Å². The highest BCUT2D eigenvalue weighted by Gasteiger charge is 2.38. The van der Waals surface area contributed by atoms with Crippen LogP contribution in [0.3, 0.4) is 0 Å². The molecular formula is C16H31N3. The monoisotopic (exact) mass is 265 g/mol. The van der Waals surface area contributed by atoms with Gasteiger partial charge in [-0.2, -0.15) is 0 Å². The lowest BCUT2D eigenvalue weighted by atomic mass is 9.91. The molecule has 3 rings (SSSR count). The van der Waals surface area contributed by atoms with Crippen LogP contribution in [0.1, 0.15) is 44.9 Å². The highest BCUT2D eigenvalue weighted by Crippen LogP contribution is 2.37. The summed E-state index contributed by atoms with van der Waals surface area (Å²) in [6.45, 7) is 3.76. The second-order valence-electron chi connectivity index (χ2n) is 7.18. The Hall–Kier alpha value is -0.120. The quantitative estimate of drug-likeness (QED) is 0.838. The Morgan fingerprint density at radius 2 is 1.68 bits per heavy atom. The number of likely N-dealkylation sites (N-methyl/N-ethyl adjacent to an activating group) is 1. The number of likely N-dealkylation sites (tertiary alicyclic amines) is 1. The molecule has 0 saturated carbocycles. The van der Waals surface area contributed by atoms with Gasteiger partial charge in [-0.1, -0.05) is 6.42 Å². The van der Waals surface area contributed by atoms with E-state index in [1.807, 2.05) is 0 Å². The third kappa shape index (κ3) is 3.14. The minimum atomic E-state index is 0.789. The highest BCUT2D eigenvalue weighted by atomic mass is 15.2. The van der Waals surface area contributed by atoms with E-state index in [2.05, 4.69) is 29.2 Å². The van der Waals surface area contributed by atoms with Gasteiger partial charge in [0, 0.05) is 24.7 Å². The molecule has 19 heavy (non-hydrogen) atoms. The Morgan fingerprint density at radius 1 is 0.947 bits per heavy atom. The van der Waals surface area contributed by atoms with Crippen molar-refractivity contribution < 1.29 is 0 Å². The Balaban J connectivity index is 1.39. The van der Waals surface area contributed by atoms with Crippen molar-refractivity contribution in [3.8, 4) is 0 Å². The Bertz CT molecular complexity index is 280. The summed E-state index contributed by atoms with van der Waals surface area (Å²) in [6, 6.07) is 2.57. The average molecular weight is 265 g/mol. The van der Waals surface area contributed by atoms with Crippen molar-refractivity contribution in [2.24, 2.45) is 5.92 Å². The molecule has 0 radical (unpaired) electrons. The van der Waals surface area contributed by atoms with Gasteiger partial charge in [0.05, 0.1) is 0 Å². The SMILES string of the molecule is CN1CCCCC1CNCC1CC2CCC(C1)N2C. The number of nitrogens with one attached hydrogen (secondary N) is 1. The normalized spacial score (nSPS) is 40.7. The van der Waals surface area contributed by atoms with Crippen molar-refractivity contribution in [3.05, 3.63) is 0 Å². The predicted molar refractivity (Wildman–Crippen MR) is 80.4 cm³/mol. The first-order valence-electron chi connectivity index (χ1n) is 8.37. The lowest BCUT2D eigenvalue weighted by molar-refractivity contribution is 0.128. The van der Waals surface area contributed by atoms with Crippen molar-refractivity contribution in [3.63, 3.8) is 0 Å². The van der Waals surface area contributed by atoms with Gasteiger partial charge < -0.3 is 15.1 Å². The Labute approximate surface area is 118 Å². The molecule has 3 aliphatic rings. The first-order valence-corrected chi connectivity index (χ1v) is 8.37. The number of hydrogen-bond acceptors (Lipinski definition) is 3. The lowest BCUT2D eigenvalue weighted by Crippen LogP contribution is -2.46. The first kappa shape index (κ1) is 13.8. The maximum atomic E-state index is 3.78. The van der Waals surface area contributed by atoms with Crippen LogP contribution < -0.4 is 5.32 Å². The number of hydrogen-bond donors (Lipinski definition) is 1. The fourth-order valence-corrected chi connectivity index (χ4v) is 4.55. The largest absolute Gasteiger partial charge is 0.315 e. The second kappa shape index (κ2) is 6.11. The van der Waals surface area contributed by atoms with Crippen LogP contribution in [0.4, 0.5) is 0 Å². The van der Waals surface area contributed by atoms with Gasteiger partial charge in [-0.15, -0.1) is 0 Å². The lowest BCUT2D eigenvalue weighted by Gasteiger charge is -2.37. The molecule has 3 saturated heterocycles. The first-order chi connectivity index (χ1) is 9.24. The molecule has 0 spiro atoms. The molecule has 0 aromatic heterocycles. The van der Waals surface area contributed by atoms with Gasteiger partial charge in [-0.05, 0) is 71.6 Å². The van der Waals surface area contributed by atoms with Crippen LogP contribution in [0.2, 0.25) is 0 Å². The van der Waals surface area contributed by atoms with Crippen molar-refractivity contribution in [1.82, 2.24) is 15.1 Å². The molecule has 3 heterocycles. The predicted octanol–water partition coefficient (Wildman–Crippen LogP) is 1.93. The fraction of sp³-hybridized carbons (Fsp3) is 1.00. The number of fused-ring (bicyclic) bond motifs is 2. The molecule has 3 unspecified atom stereocenters. The molecular weight excluding hydrogens is 234 g/mol. The molecule has 3 aliphatic heterocycles. The minimum absolute atomic E-state index is 0.789. The fourth-order valence-electron chi connectivity index (χ4n) is 4.55. The van der Waals surface area contributed by atoms with E-state index >= 15 is 0 Å². The molecule has 110 valence electrons. The molecule has 0 aliphatic carbocycles. The summed E-state index contributed by atoms with van der Waals surface area (Å²) in [5.74, 6) is 0.933. The minimum Gasteiger partial charge on any atom is -0.315 e. The summed E-state index contributed by atoms with van der Waals surface area (Å²) < 4.78 is 0. The van der Waals surface area contributed by atoms with E-state index in [0.29, 0.717) is 0 Å².